The summed E-state index contributed by atoms with van der Waals surface area (Å²) in [6.45, 7) is -0.652. The second-order valence-electron chi connectivity index (χ2n) is 6.51. The molecular weight excluding hydrogens is 416 g/mol. The number of carbonyl (C=O) groups excluding carboxylic acids is 3. The summed E-state index contributed by atoms with van der Waals surface area (Å²) < 4.78 is 25.2. The highest BCUT2D eigenvalue weighted by molar-refractivity contribution is 7.89. The minimum atomic E-state index is -3.63. The number of fused-ring (bicyclic) bond motifs is 1. The van der Waals surface area contributed by atoms with Crippen molar-refractivity contribution in [2.24, 2.45) is 0 Å². The van der Waals surface area contributed by atoms with Crippen LogP contribution >= 0.6 is 0 Å². The van der Waals surface area contributed by atoms with Crippen molar-refractivity contribution in [3.63, 3.8) is 0 Å². The molecule has 1 heterocycles. The Hall–Kier alpha value is -3.64. The topological polar surface area (TPSA) is 147 Å². The van der Waals surface area contributed by atoms with Crippen LogP contribution in [0, 0.1) is 10.1 Å². The van der Waals surface area contributed by atoms with Crippen molar-refractivity contribution in [3.05, 3.63) is 63.7 Å². The summed E-state index contributed by atoms with van der Waals surface area (Å²) in [5.41, 5.74) is -0.745. The molecule has 1 aliphatic heterocycles. The maximum absolute atomic E-state index is 12.5. The van der Waals surface area contributed by atoms with Crippen LogP contribution in [0.15, 0.2) is 47.4 Å². The average molecular weight is 432 g/mol. The smallest absolute Gasteiger partial charge is 0.282 e. The Morgan fingerprint density at radius 1 is 1.10 bits per heavy atom. The molecule has 3 amide bonds. The molecule has 0 aliphatic carbocycles. The number of amides is 3. The van der Waals surface area contributed by atoms with E-state index >= 15 is 0 Å². The predicted molar refractivity (Wildman–Crippen MR) is 104 cm³/mol. The summed E-state index contributed by atoms with van der Waals surface area (Å²) in [6, 6.07) is 9.01. The Labute approximate surface area is 171 Å². The molecule has 12 heteroatoms. The lowest BCUT2D eigenvalue weighted by atomic mass is 10.1. The van der Waals surface area contributed by atoms with Crippen LogP contribution in [0.3, 0.4) is 0 Å². The first kappa shape index (κ1) is 21.1. The van der Waals surface area contributed by atoms with Crippen molar-refractivity contribution in [1.82, 2.24) is 9.21 Å². The third kappa shape index (κ3) is 3.65. The number of nitro benzene ring substituents is 1. The molecule has 0 saturated carbocycles. The molecule has 156 valence electrons. The highest BCUT2D eigenvalue weighted by Crippen LogP contribution is 2.30. The summed E-state index contributed by atoms with van der Waals surface area (Å²) >= 11 is 0. The van der Waals surface area contributed by atoms with E-state index in [1.165, 1.54) is 50.5 Å². The largest absolute Gasteiger partial charge is 0.325 e. The molecule has 2 aromatic carbocycles. The van der Waals surface area contributed by atoms with E-state index in [0.717, 1.165) is 10.4 Å². The van der Waals surface area contributed by atoms with E-state index < -0.39 is 44.9 Å². The molecule has 1 aliphatic rings. The van der Waals surface area contributed by atoms with Crippen molar-refractivity contribution in [1.29, 1.82) is 0 Å². The standard InChI is InChI=1S/C18H16N4O7S/c1-20(2)30(28,29)12-8-6-11(7-9-12)19-15(23)10-21-17(24)13-4-3-5-14(22(26)27)16(13)18(21)25/h3-9H,10H2,1-2H3,(H,19,23). The zero-order chi connectivity index (χ0) is 22.2. The summed E-state index contributed by atoms with van der Waals surface area (Å²) in [5.74, 6) is -2.46. The minimum Gasteiger partial charge on any atom is -0.325 e. The highest BCUT2D eigenvalue weighted by Gasteiger charge is 2.41. The molecule has 1 N–H and O–H groups in total. The number of sulfonamides is 1. The van der Waals surface area contributed by atoms with Gasteiger partial charge >= 0.3 is 0 Å². The zero-order valence-corrected chi connectivity index (χ0v) is 16.7. The van der Waals surface area contributed by atoms with E-state index in [0.29, 0.717) is 4.90 Å². The molecule has 0 spiro atoms. The maximum Gasteiger partial charge on any atom is 0.282 e. The van der Waals surface area contributed by atoms with E-state index in [9.17, 15) is 32.9 Å². The lowest BCUT2D eigenvalue weighted by Crippen LogP contribution is -2.37. The number of nitro groups is 1. The van der Waals surface area contributed by atoms with Gasteiger partial charge in [-0.3, -0.25) is 29.4 Å². The Balaban J connectivity index is 1.74. The third-order valence-corrected chi connectivity index (χ3v) is 6.22. The fraction of sp³-hybridized carbons (Fsp3) is 0.167. The highest BCUT2D eigenvalue weighted by atomic mass is 32.2. The van der Waals surface area contributed by atoms with Gasteiger partial charge in [-0.2, -0.15) is 0 Å². The van der Waals surface area contributed by atoms with Crippen LogP contribution in [0.2, 0.25) is 0 Å². The van der Waals surface area contributed by atoms with Crippen molar-refractivity contribution >= 4 is 39.1 Å². The second kappa shape index (κ2) is 7.65. The molecule has 0 atom stereocenters. The second-order valence-corrected chi connectivity index (χ2v) is 8.67. The van der Waals surface area contributed by atoms with Crippen LogP contribution in [0.5, 0.6) is 0 Å². The van der Waals surface area contributed by atoms with Gasteiger partial charge in [0, 0.05) is 25.8 Å². The number of nitrogens with one attached hydrogen (secondary N) is 1. The fourth-order valence-electron chi connectivity index (χ4n) is 2.88. The van der Waals surface area contributed by atoms with E-state index in [1.54, 1.807) is 0 Å². The molecule has 0 bridgehead atoms. The number of hydrogen-bond donors (Lipinski definition) is 1. The number of imide groups is 1. The molecule has 2 aromatic rings. The number of benzene rings is 2. The molecule has 0 aromatic heterocycles. The Morgan fingerprint density at radius 2 is 1.73 bits per heavy atom. The zero-order valence-electron chi connectivity index (χ0n) is 15.9. The van der Waals surface area contributed by atoms with Crippen LogP contribution in [-0.4, -0.2) is 60.9 Å². The van der Waals surface area contributed by atoms with E-state index in [1.807, 2.05) is 0 Å². The number of nitrogens with zero attached hydrogens (tertiary/aromatic N) is 3. The lowest BCUT2D eigenvalue weighted by Gasteiger charge is -2.14. The normalized spacial score (nSPS) is 13.5. The monoisotopic (exact) mass is 432 g/mol. The van der Waals surface area contributed by atoms with Gasteiger partial charge in [0.1, 0.15) is 12.1 Å². The number of anilines is 1. The molecular formula is C18H16N4O7S. The number of rotatable bonds is 6. The van der Waals surface area contributed by atoms with E-state index in [-0.39, 0.29) is 21.7 Å². The van der Waals surface area contributed by atoms with Gasteiger partial charge in [0.05, 0.1) is 15.4 Å². The maximum atomic E-state index is 12.5. The average Bonchev–Trinajstić information content (AvgIpc) is 2.93. The summed E-state index contributed by atoms with van der Waals surface area (Å²) in [5, 5.41) is 13.6. The van der Waals surface area contributed by atoms with Crippen molar-refractivity contribution in [2.75, 3.05) is 26.0 Å². The first-order valence-corrected chi connectivity index (χ1v) is 9.94. The Morgan fingerprint density at radius 3 is 2.30 bits per heavy atom. The van der Waals surface area contributed by atoms with Crippen LogP contribution in [0.1, 0.15) is 20.7 Å². The van der Waals surface area contributed by atoms with Gasteiger partial charge in [-0.05, 0) is 30.3 Å². The first-order chi connectivity index (χ1) is 14.0. The Bertz CT molecular complexity index is 1170. The van der Waals surface area contributed by atoms with Crippen LogP contribution in [-0.2, 0) is 14.8 Å². The van der Waals surface area contributed by atoms with Crippen molar-refractivity contribution < 1.29 is 27.7 Å². The van der Waals surface area contributed by atoms with Gasteiger partial charge in [0.2, 0.25) is 15.9 Å². The minimum absolute atomic E-state index is 0.0261. The Kier molecular flexibility index (Phi) is 5.37. The van der Waals surface area contributed by atoms with Crippen LogP contribution < -0.4 is 5.32 Å². The van der Waals surface area contributed by atoms with Gasteiger partial charge in [0.15, 0.2) is 0 Å². The molecule has 0 radical (unpaired) electrons. The van der Waals surface area contributed by atoms with Gasteiger partial charge < -0.3 is 5.32 Å². The van der Waals surface area contributed by atoms with Crippen LogP contribution in [0.4, 0.5) is 11.4 Å². The van der Waals surface area contributed by atoms with Gasteiger partial charge in [-0.1, -0.05) is 6.07 Å². The predicted octanol–water partition coefficient (Wildman–Crippen LogP) is 1.08. The summed E-state index contributed by atoms with van der Waals surface area (Å²) in [7, 11) is -0.856. The molecule has 30 heavy (non-hydrogen) atoms. The van der Waals surface area contributed by atoms with Gasteiger partial charge in [-0.15, -0.1) is 0 Å². The molecule has 0 unspecified atom stereocenters. The molecule has 0 saturated heterocycles. The van der Waals surface area contributed by atoms with E-state index in [2.05, 4.69) is 5.32 Å². The first-order valence-electron chi connectivity index (χ1n) is 8.50. The molecule has 3 rings (SSSR count). The van der Waals surface area contributed by atoms with Crippen LogP contribution in [0.25, 0.3) is 0 Å². The SMILES string of the molecule is CN(C)S(=O)(=O)c1ccc(NC(=O)CN2C(=O)c3cccc([N+](=O)[O-])c3C2=O)cc1. The number of hydrogen-bond acceptors (Lipinski definition) is 7. The molecule has 0 fully saturated rings. The third-order valence-electron chi connectivity index (χ3n) is 4.39. The fourth-order valence-corrected chi connectivity index (χ4v) is 3.78. The summed E-state index contributed by atoms with van der Waals surface area (Å²) in [6.07, 6.45) is 0. The lowest BCUT2D eigenvalue weighted by molar-refractivity contribution is -0.385. The van der Waals surface area contributed by atoms with Gasteiger partial charge in [0.25, 0.3) is 17.5 Å². The van der Waals surface area contributed by atoms with Crippen molar-refractivity contribution in [2.45, 2.75) is 4.90 Å². The quantitative estimate of drug-likeness (QED) is 0.408. The van der Waals surface area contributed by atoms with Crippen molar-refractivity contribution in [3.8, 4) is 0 Å². The van der Waals surface area contributed by atoms with E-state index in [4.69, 9.17) is 0 Å². The summed E-state index contributed by atoms with van der Waals surface area (Å²) in [4.78, 5) is 48.2. The van der Waals surface area contributed by atoms with Gasteiger partial charge in [-0.25, -0.2) is 12.7 Å². The molecule has 11 nitrogen and oxygen atoms in total. The number of carbonyl (C=O) groups is 3.